The summed E-state index contributed by atoms with van der Waals surface area (Å²) in [6.07, 6.45) is 1.66. The molecule has 38 heavy (non-hydrogen) atoms. The summed E-state index contributed by atoms with van der Waals surface area (Å²) in [4.78, 5) is 12.5. The highest BCUT2D eigenvalue weighted by molar-refractivity contribution is 7.92. The van der Waals surface area contributed by atoms with Crippen LogP contribution in [0.5, 0.6) is 0 Å². The second-order valence-corrected chi connectivity index (χ2v) is 12.6. The molecular formula is C26H26ClF2N3O5S. The first-order chi connectivity index (χ1) is 17.9. The molecule has 1 heterocycles. The molecule has 0 spiro atoms. The maximum atomic E-state index is 13.7. The Labute approximate surface area is 223 Å². The number of rotatable bonds is 6. The number of fused-ring (bicyclic) bond motifs is 2. The minimum Gasteiger partial charge on any atom is -0.386 e. The van der Waals surface area contributed by atoms with Crippen LogP contribution in [0.4, 0.5) is 14.5 Å². The van der Waals surface area contributed by atoms with Gasteiger partial charge in [-0.1, -0.05) is 11.6 Å². The van der Waals surface area contributed by atoms with Crippen LogP contribution in [-0.4, -0.2) is 45.2 Å². The zero-order valence-corrected chi connectivity index (χ0v) is 21.9. The summed E-state index contributed by atoms with van der Waals surface area (Å²) in [5.41, 5.74) is -1.06. The highest BCUT2D eigenvalue weighted by Crippen LogP contribution is 2.56. The minimum atomic E-state index is -4.03. The summed E-state index contributed by atoms with van der Waals surface area (Å²) in [5.74, 6) is -3.86. The van der Waals surface area contributed by atoms with E-state index in [4.69, 9.17) is 11.6 Å². The molecule has 2 aliphatic rings. The molecule has 2 fully saturated rings. The van der Waals surface area contributed by atoms with Crippen molar-refractivity contribution in [2.45, 2.75) is 47.5 Å². The van der Waals surface area contributed by atoms with Gasteiger partial charge in [0.05, 0.1) is 20.9 Å². The number of aromatic nitrogens is 2. The number of hydrogen-bond acceptors (Lipinski definition) is 6. The molecule has 2 saturated carbocycles. The van der Waals surface area contributed by atoms with Crippen molar-refractivity contribution in [2.75, 3.05) is 5.32 Å². The van der Waals surface area contributed by atoms with E-state index in [0.717, 1.165) is 12.1 Å². The van der Waals surface area contributed by atoms with E-state index in [2.05, 4.69) is 10.4 Å². The molecule has 2 bridgehead atoms. The van der Waals surface area contributed by atoms with Crippen LogP contribution in [0.15, 0.2) is 53.6 Å². The monoisotopic (exact) mass is 565 g/mol. The van der Waals surface area contributed by atoms with Gasteiger partial charge in [-0.05, 0) is 73.9 Å². The lowest BCUT2D eigenvalue weighted by Gasteiger charge is -2.45. The second kappa shape index (κ2) is 9.71. The van der Waals surface area contributed by atoms with E-state index in [9.17, 15) is 32.2 Å². The van der Waals surface area contributed by atoms with E-state index in [1.165, 1.54) is 35.1 Å². The number of aryl methyl sites for hydroxylation is 1. The Bertz CT molecular complexity index is 1500. The number of carbonyl (C=O) groups is 1. The third-order valence-corrected chi connectivity index (χ3v) is 10.6. The lowest BCUT2D eigenvalue weighted by atomic mass is 9.70. The number of amides is 1. The average Bonchev–Trinajstić information content (AvgIpc) is 3.34. The second-order valence-electron chi connectivity index (χ2n) is 10.0. The Kier molecular flexibility index (Phi) is 6.83. The third kappa shape index (κ3) is 4.41. The number of aliphatic hydroxyl groups excluding tert-OH is 1. The molecule has 1 aromatic heterocycles. The van der Waals surface area contributed by atoms with Gasteiger partial charge in [-0.3, -0.25) is 9.48 Å². The topological polar surface area (TPSA) is 122 Å². The fourth-order valence-corrected chi connectivity index (χ4v) is 8.35. The van der Waals surface area contributed by atoms with Crippen molar-refractivity contribution in [3.63, 3.8) is 0 Å². The molecule has 0 saturated heterocycles. The van der Waals surface area contributed by atoms with Gasteiger partial charge in [0, 0.05) is 30.6 Å². The summed E-state index contributed by atoms with van der Waals surface area (Å²) in [6, 6.07) is 8.30. The highest BCUT2D eigenvalue weighted by atomic mass is 35.5. The fourth-order valence-electron chi connectivity index (χ4n) is 5.95. The number of sulfone groups is 1. The zero-order chi connectivity index (χ0) is 27.4. The summed E-state index contributed by atoms with van der Waals surface area (Å²) in [5, 5.41) is 28.3. The van der Waals surface area contributed by atoms with E-state index in [1.54, 1.807) is 13.1 Å². The predicted molar refractivity (Wildman–Crippen MR) is 135 cm³/mol. The van der Waals surface area contributed by atoms with E-state index in [-0.39, 0.29) is 34.0 Å². The van der Waals surface area contributed by atoms with Gasteiger partial charge >= 0.3 is 0 Å². The standard InChI is InChI=1S/C26H26ClF2N3O5S/c1-32-22(8-9-30-32)24(33)26(35)15-3-4-16(26)12-18(11-15)38(36,37)23-10-14(2-6-19(23)27)25(34)31-17-5-7-20(28)21(29)13-17/h2,5-10,13,15-16,18,24,33,35H,3-4,11-12H2,1H3,(H,31,34)/t15-,16?,18?,24?,26?/m0/s1. The Morgan fingerprint density at radius 1 is 1.13 bits per heavy atom. The average molecular weight is 566 g/mol. The van der Waals surface area contributed by atoms with Crippen LogP contribution in [0.2, 0.25) is 5.02 Å². The maximum Gasteiger partial charge on any atom is 0.255 e. The maximum absolute atomic E-state index is 13.7. The molecule has 3 aromatic rings. The van der Waals surface area contributed by atoms with E-state index in [1.807, 2.05) is 0 Å². The molecule has 8 nitrogen and oxygen atoms in total. The Balaban J connectivity index is 1.39. The van der Waals surface area contributed by atoms with Crippen molar-refractivity contribution >= 4 is 33.0 Å². The van der Waals surface area contributed by atoms with Crippen LogP contribution in [-0.2, 0) is 16.9 Å². The van der Waals surface area contributed by atoms with Gasteiger partial charge in [-0.25, -0.2) is 17.2 Å². The largest absolute Gasteiger partial charge is 0.386 e. The van der Waals surface area contributed by atoms with Crippen molar-refractivity contribution in [1.82, 2.24) is 9.78 Å². The molecule has 1 amide bonds. The number of carbonyl (C=O) groups excluding carboxylic acids is 1. The van der Waals surface area contributed by atoms with Gasteiger partial charge in [0.2, 0.25) is 0 Å². The number of hydrogen-bond donors (Lipinski definition) is 3. The number of benzene rings is 2. The zero-order valence-electron chi connectivity index (χ0n) is 20.3. The summed E-state index contributed by atoms with van der Waals surface area (Å²) >= 11 is 6.28. The van der Waals surface area contributed by atoms with Gasteiger partial charge in [0.25, 0.3) is 5.91 Å². The fraction of sp³-hybridized carbons (Fsp3) is 0.385. The lowest BCUT2D eigenvalue weighted by molar-refractivity contribution is -0.146. The van der Waals surface area contributed by atoms with Crippen LogP contribution in [0.1, 0.15) is 47.8 Å². The first-order valence-corrected chi connectivity index (χ1v) is 14.0. The summed E-state index contributed by atoms with van der Waals surface area (Å²) in [6.45, 7) is 0. The van der Waals surface area contributed by atoms with Crippen LogP contribution in [0, 0.1) is 23.5 Å². The van der Waals surface area contributed by atoms with Crippen molar-refractivity contribution in [2.24, 2.45) is 18.9 Å². The van der Waals surface area contributed by atoms with Gasteiger partial charge in [-0.15, -0.1) is 0 Å². The van der Waals surface area contributed by atoms with Crippen LogP contribution in [0.25, 0.3) is 0 Å². The van der Waals surface area contributed by atoms with E-state index in [0.29, 0.717) is 18.5 Å². The molecule has 0 aliphatic heterocycles. The molecule has 3 N–H and O–H groups in total. The molecular weight excluding hydrogens is 540 g/mol. The van der Waals surface area contributed by atoms with Crippen molar-refractivity contribution in [1.29, 1.82) is 0 Å². The van der Waals surface area contributed by atoms with Gasteiger partial charge in [0.15, 0.2) is 21.5 Å². The Morgan fingerprint density at radius 2 is 1.82 bits per heavy atom. The normalized spacial score (nSPS) is 25.8. The third-order valence-electron chi connectivity index (χ3n) is 7.96. The quantitative estimate of drug-likeness (QED) is 0.415. The number of nitrogens with zero attached hydrogens (tertiary/aromatic N) is 2. The smallest absolute Gasteiger partial charge is 0.255 e. The van der Waals surface area contributed by atoms with Gasteiger partial charge < -0.3 is 15.5 Å². The molecule has 5 atom stereocenters. The molecule has 12 heteroatoms. The predicted octanol–water partition coefficient (Wildman–Crippen LogP) is 4.03. The molecule has 2 aromatic carbocycles. The molecule has 4 unspecified atom stereocenters. The number of halogens is 3. The molecule has 2 aliphatic carbocycles. The van der Waals surface area contributed by atoms with Crippen LogP contribution < -0.4 is 5.32 Å². The van der Waals surface area contributed by atoms with Crippen molar-refractivity contribution in [3.05, 3.63) is 76.6 Å². The summed E-state index contributed by atoms with van der Waals surface area (Å²) in [7, 11) is -2.37. The molecule has 5 rings (SSSR count). The van der Waals surface area contributed by atoms with E-state index >= 15 is 0 Å². The minimum absolute atomic E-state index is 0.00313. The van der Waals surface area contributed by atoms with Crippen molar-refractivity contribution < 1.29 is 32.2 Å². The number of anilines is 1. The van der Waals surface area contributed by atoms with Crippen LogP contribution in [0.3, 0.4) is 0 Å². The highest BCUT2D eigenvalue weighted by Gasteiger charge is 2.59. The SMILES string of the molecule is Cn1nccc1C(O)C1(O)C2CC[C@H]1CC(S(=O)(=O)c1cc(C(=O)Nc3ccc(F)c(F)c3)ccc1Cl)C2. The van der Waals surface area contributed by atoms with Gasteiger partial charge in [0.1, 0.15) is 11.7 Å². The molecule has 0 radical (unpaired) electrons. The lowest BCUT2D eigenvalue weighted by Crippen LogP contribution is -2.52. The first-order valence-electron chi connectivity index (χ1n) is 12.1. The Hall–Kier alpha value is -2.86. The molecule has 202 valence electrons. The first kappa shape index (κ1) is 26.7. The number of nitrogens with one attached hydrogen (secondary N) is 1. The van der Waals surface area contributed by atoms with Gasteiger partial charge in [-0.2, -0.15) is 5.10 Å². The van der Waals surface area contributed by atoms with Crippen LogP contribution >= 0.6 is 11.6 Å². The van der Waals surface area contributed by atoms with E-state index < -0.39 is 56.2 Å². The van der Waals surface area contributed by atoms with Crippen molar-refractivity contribution in [3.8, 4) is 0 Å². The summed E-state index contributed by atoms with van der Waals surface area (Å²) < 4.78 is 55.7. The number of aliphatic hydroxyl groups is 2. The Morgan fingerprint density at radius 3 is 2.42 bits per heavy atom.